The summed E-state index contributed by atoms with van der Waals surface area (Å²) >= 11 is 0. The minimum absolute atomic E-state index is 0.0276. The van der Waals surface area contributed by atoms with Gasteiger partial charge in [0.2, 0.25) is 5.91 Å². The second kappa shape index (κ2) is 6.43. The van der Waals surface area contributed by atoms with E-state index in [4.69, 9.17) is 0 Å². The lowest BCUT2D eigenvalue weighted by atomic mass is 9.91. The molecule has 0 radical (unpaired) electrons. The standard InChI is InChI=1S/C21H21FN2O/c1-24(21(25)18-12-14-8-9-15(18)11-14)20(19-7-2-3-10-23-19)16-5-4-6-17(22)13-16/h2-10,13-15,18,20H,11-12H2,1H3/t14-,15+,18-,20-/m0/s1. The van der Waals surface area contributed by atoms with E-state index in [1.807, 2.05) is 31.3 Å². The number of allylic oxidation sites excluding steroid dienone is 2. The molecule has 0 unspecified atom stereocenters. The second-order valence-corrected chi connectivity index (χ2v) is 7.05. The summed E-state index contributed by atoms with van der Waals surface area (Å²) in [5.41, 5.74) is 1.50. The molecule has 2 aromatic rings. The first kappa shape index (κ1) is 16.0. The van der Waals surface area contributed by atoms with E-state index in [2.05, 4.69) is 17.1 Å². The molecule has 0 N–H and O–H groups in total. The first-order chi connectivity index (χ1) is 12.1. The van der Waals surface area contributed by atoms with Gasteiger partial charge in [0.05, 0.1) is 11.7 Å². The Hall–Kier alpha value is -2.49. The van der Waals surface area contributed by atoms with Gasteiger partial charge in [0.15, 0.2) is 0 Å². The average Bonchev–Trinajstić information content (AvgIpc) is 3.25. The molecule has 4 rings (SSSR count). The van der Waals surface area contributed by atoms with Gasteiger partial charge in [0, 0.05) is 19.2 Å². The van der Waals surface area contributed by atoms with Crippen LogP contribution in [0.4, 0.5) is 4.39 Å². The number of hydrogen-bond donors (Lipinski definition) is 0. The Labute approximate surface area is 147 Å². The van der Waals surface area contributed by atoms with E-state index in [1.54, 1.807) is 17.2 Å². The van der Waals surface area contributed by atoms with Crippen molar-refractivity contribution in [3.63, 3.8) is 0 Å². The van der Waals surface area contributed by atoms with Crippen LogP contribution in [0.25, 0.3) is 0 Å². The molecular formula is C21H21FN2O. The zero-order valence-electron chi connectivity index (χ0n) is 14.2. The number of halogens is 1. The molecule has 4 atom stereocenters. The fourth-order valence-electron chi connectivity index (χ4n) is 4.26. The van der Waals surface area contributed by atoms with E-state index in [0.29, 0.717) is 11.8 Å². The Balaban J connectivity index is 1.68. The number of rotatable bonds is 4. The minimum Gasteiger partial charge on any atom is -0.333 e. The molecule has 0 saturated heterocycles. The van der Waals surface area contributed by atoms with E-state index >= 15 is 0 Å². The molecule has 0 spiro atoms. The van der Waals surface area contributed by atoms with Crippen molar-refractivity contribution >= 4 is 5.91 Å². The molecule has 1 fully saturated rings. The Morgan fingerprint density at radius 2 is 2.08 bits per heavy atom. The van der Waals surface area contributed by atoms with Gasteiger partial charge in [-0.3, -0.25) is 9.78 Å². The Morgan fingerprint density at radius 3 is 2.72 bits per heavy atom. The van der Waals surface area contributed by atoms with E-state index in [9.17, 15) is 9.18 Å². The molecule has 128 valence electrons. The third-order valence-corrected chi connectivity index (χ3v) is 5.46. The monoisotopic (exact) mass is 336 g/mol. The van der Waals surface area contributed by atoms with Crippen LogP contribution in [0.15, 0.2) is 60.8 Å². The maximum absolute atomic E-state index is 13.8. The lowest BCUT2D eigenvalue weighted by Crippen LogP contribution is -2.38. The van der Waals surface area contributed by atoms with Crippen LogP contribution in [0.3, 0.4) is 0 Å². The number of carbonyl (C=O) groups is 1. The van der Waals surface area contributed by atoms with Gasteiger partial charge in [-0.15, -0.1) is 0 Å². The van der Waals surface area contributed by atoms with Gasteiger partial charge >= 0.3 is 0 Å². The first-order valence-corrected chi connectivity index (χ1v) is 8.75. The fraction of sp³-hybridized carbons (Fsp3) is 0.333. The van der Waals surface area contributed by atoms with Crippen molar-refractivity contribution in [3.8, 4) is 0 Å². The molecule has 1 amide bonds. The number of benzene rings is 1. The SMILES string of the molecule is CN(C(=O)[C@H]1C[C@H]2C=C[C@@H]1C2)[C@@H](c1cccc(F)c1)c1ccccn1. The molecule has 1 aromatic carbocycles. The molecule has 0 aliphatic heterocycles. The summed E-state index contributed by atoms with van der Waals surface area (Å²) < 4.78 is 13.8. The summed E-state index contributed by atoms with van der Waals surface area (Å²) in [7, 11) is 1.81. The number of carbonyl (C=O) groups excluding carboxylic acids is 1. The highest BCUT2D eigenvalue weighted by molar-refractivity contribution is 5.80. The van der Waals surface area contributed by atoms with Crippen LogP contribution in [-0.4, -0.2) is 22.8 Å². The van der Waals surface area contributed by atoms with Crippen LogP contribution in [0.2, 0.25) is 0 Å². The van der Waals surface area contributed by atoms with Crippen LogP contribution in [0, 0.1) is 23.6 Å². The van der Waals surface area contributed by atoms with E-state index in [-0.39, 0.29) is 23.7 Å². The molecule has 2 aliphatic rings. The molecule has 1 aromatic heterocycles. The second-order valence-electron chi connectivity index (χ2n) is 7.05. The molecule has 4 heteroatoms. The van der Waals surface area contributed by atoms with Gasteiger partial charge in [0.25, 0.3) is 0 Å². The summed E-state index contributed by atoms with van der Waals surface area (Å²) in [6.45, 7) is 0. The summed E-state index contributed by atoms with van der Waals surface area (Å²) in [4.78, 5) is 19.4. The maximum Gasteiger partial charge on any atom is 0.226 e. The van der Waals surface area contributed by atoms with E-state index < -0.39 is 0 Å². The first-order valence-electron chi connectivity index (χ1n) is 8.75. The van der Waals surface area contributed by atoms with Gasteiger partial charge in [0.1, 0.15) is 5.82 Å². The normalized spacial score (nSPS) is 25.1. The molecule has 2 aliphatic carbocycles. The van der Waals surface area contributed by atoms with Crippen LogP contribution < -0.4 is 0 Å². The molecule has 1 saturated carbocycles. The van der Waals surface area contributed by atoms with Crippen LogP contribution >= 0.6 is 0 Å². The lowest BCUT2D eigenvalue weighted by molar-refractivity contribution is -0.136. The number of fused-ring (bicyclic) bond motifs is 2. The third kappa shape index (κ3) is 2.97. The summed E-state index contributed by atoms with van der Waals surface area (Å²) in [5, 5.41) is 0. The topological polar surface area (TPSA) is 33.2 Å². The lowest BCUT2D eigenvalue weighted by Gasteiger charge is -2.32. The Bertz CT molecular complexity index is 805. The van der Waals surface area contributed by atoms with Gasteiger partial charge in [-0.1, -0.05) is 30.4 Å². The van der Waals surface area contributed by atoms with E-state index in [1.165, 1.54) is 12.1 Å². The van der Waals surface area contributed by atoms with Crippen molar-refractivity contribution in [2.45, 2.75) is 18.9 Å². The van der Waals surface area contributed by atoms with Gasteiger partial charge in [-0.25, -0.2) is 4.39 Å². The molecule has 3 nitrogen and oxygen atoms in total. The Morgan fingerprint density at radius 1 is 1.20 bits per heavy atom. The van der Waals surface area contributed by atoms with Crippen molar-refractivity contribution in [1.29, 1.82) is 0 Å². The number of nitrogens with zero attached hydrogens (tertiary/aromatic N) is 2. The summed E-state index contributed by atoms with van der Waals surface area (Å²) in [6.07, 6.45) is 8.13. The van der Waals surface area contributed by atoms with Crippen molar-refractivity contribution in [1.82, 2.24) is 9.88 Å². The minimum atomic E-state index is -0.382. The van der Waals surface area contributed by atoms with Crippen molar-refractivity contribution in [2.75, 3.05) is 7.05 Å². The predicted octanol–water partition coefficient (Wildman–Crippen LogP) is 3.98. The molecule has 25 heavy (non-hydrogen) atoms. The quantitative estimate of drug-likeness (QED) is 0.791. The van der Waals surface area contributed by atoms with E-state index in [0.717, 1.165) is 24.1 Å². The van der Waals surface area contributed by atoms with Gasteiger partial charge in [-0.05, 0) is 54.5 Å². The number of hydrogen-bond acceptors (Lipinski definition) is 2. The average molecular weight is 336 g/mol. The largest absolute Gasteiger partial charge is 0.333 e. The number of amides is 1. The number of aromatic nitrogens is 1. The number of pyridine rings is 1. The van der Waals surface area contributed by atoms with Crippen molar-refractivity contribution < 1.29 is 9.18 Å². The molecule has 2 bridgehead atoms. The highest BCUT2D eigenvalue weighted by Crippen LogP contribution is 2.45. The highest BCUT2D eigenvalue weighted by atomic mass is 19.1. The Kier molecular flexibility index (Phi) is 4.12. The molecule has 1 heterocycles. The molecular weight excluding hydrogens is 315 g/mol. The van der Waals surface area contributed by atoms with Crippen LogP contribution in [0.1, 0.15) is 30.1 Å². The van der Waals surface area contributed by atoms with Gasteiger partial charge < -0.3 is 4.90 Å². The van der Waals surface area contributed by atoms with Crippen LogP contribution in [-0.2, 0) is 4.79 Å². The van der Waals surface area contributed by atoms with Crippen molar-refractivity contribution in [3.05, 3.63) is 77.9 Å². The summed E-state index contributed by atoms with van der Waals surface area (Å²) in [6, 6.07) is 11.7. The van der Waals surface area contributed by atoms with Crippen LogP contribution in [0.5, 0.6) is 0 Å². The zero-order valence-corrected chi connectivity index (χ0v) is 14.2. The van der Waals surface area contributed by atoms with Crippen molar-refractivity contribution in [2.24, 2.45) is 17.8 Å². The van der Waals surface area contributed by atoms with Gasteiger partial charge in [-0.2, -0.15) is 0 Å². The highest BCUT2D eigenvalue weighted by Gasteiger charge is 2.42. The summed E-state index contributed by atoms with van der Waals surface area (Å²) in [5.74, 6) is 0.727. The zero-order chi connectivity index (χ0) is 17.4. The maximum atomic E-state index is 13.8. The third-order valence-electron chi connectivity index (χ3n) is 5.46. The predicted molar refractivity (Wildman–Crippen MR) is 94.1 cm³/mol. The fourth-order valence-corrected chi connectivity index (χ4v) is 4.26. The smallest absolute Gasteiger partial charge is 0.226 e.